The lowest BCUT2D eigenvalue weighted by Crippen LogP contribution is -2.38. The lowest BCUT2D eigenvalue weighted by atomic mass is 9.73. The molecule has 1 aliphatic rings. The highest BCUT2D eigenvalue weighted by Gasteiger charge is 2.53. The maximum atomic E-state index is 12.7. The van der Waals surface area contributed by atoms with Crippen molar-refractivity contribution in [2.45, 2.75) is 5.54 Å². The van der Waals surface area contributed by atoms with Crippen LogP contribution in [0, 0.1) is 5.92 Å². The van der Waals surface area contributed by atoms with Crippen molar-refractivity contribution in [2.24, 2.45) is 16.1 Å². The van der Waals surface area contributed by atoms with Crippen molar-refractivity contribution in [3.05, 3.63) is 83.6 Å². The molecule has 26 heavy (non-hydrogen) atoms. The highest BCUT2D eigenvalue weighted by Crippen LogP contribution is 2.49. The molecule has 0 saturated heterocycles. The zero-order valence-corrected chi connectivity index (χ0v) is 14.5. The highest BCUT2D eigenvalue weighted by atomic mass is 16.5. The average Bonchev–Trinajstić information content (AvgIpc) is 3.08. The van der Waals surface area contributed by atoms with E-state index in [-0.39, 0.29) is 5.70 Å². The number of azo groups is 1. The Labute approximate surface area is 151 Å². The van der Waals surface area contributed by atoms with Gasteiger partial charge in [-0.2, -0.15) is 10.2 Å². The Morgan fingerprint density at radius 2 is 1.46 bits per heavy atom. The van der Waals surface area contributed by atoms with Crippen molar-refractivity contribution in [1.82, 2.24) is 0 Å². The average molecular weight is 350 g/mol. The second kappa shape index (κ2) is 7.31. The van der Waals surface area contributed by atoms with E-state index in [0.29, 0.717) is 0 Å². The monoisotopic (exact) mass is 350 g/mol. The minimum absolute atomic E-state index is 0.205. The first-order valence-corrected chi connectivity index (χ1v) is 8.04. The number of hydrogen-bond donors (Lipinski definition) is 0. The summed E-state index contributed by atoms with van der Waals surface area (Å²) in [5.41, 5.74) is 0.642. The number of methoxy groups -OCH3 is 2. The normalized spacial score (nSPS) is 19.3. The van der Waals surface area contributed by atoms with Crippen molar-refractivity contribution in [3.8, 4) is 0 Å². The van der Waals surface area contributed by atoms with Gasteiger partial charge in [0.1, 0.15) is 5.92 Å². The van der Waals surface area contributed by atoms with E-state index < -0.39 is 23.4 Å². The van der Waals surface area contributed by atoms with Gasteiger partial charge in [0.15, 0.2) is 5.54 Å². The van der Waals surface area contributed by atoms with Gasteiger partial charge in [0, 0.05) is 6.08 Å². The number of hydrogen-bond acceptors (Lipinski definition) is 6. The lowest BCUT2D eigenvalue weighted by Gasteiger charge is -2.31. The molecule has 6 heteroatoms. The summed E-state index contributed by atoms with van der Waals surface area (Å²) in [5, 5.41) is 8.64. The quantitative estimate of drug-likeness (QED) is 0.626. The van der Waals surface area contributed by atoms with Crippen LogP contribution in [0.1, 0.15) is 11.1 Å². The predicted octanol–water partition coefficient (Wildman–Crippen LogP) is 3.24. The third-order valence-electron chi connectivity index (χ3n) is 4.37. The zero-order chi connectivity index (χ0) is 18.6. The molecule has 6 nitrogen and oxygen atoms in total. The Bertz CT molecular complexity index is 820. The van der Waals surface area contributed by atoms with E-state index in [0.717, 1.165) is 11.1 Å². The summed E-state index contributed by atoms with van der Waals surface area (Å²) in [4.78, 5) is 24.5. The van der Waals surface area contributed by atoms with Crippen LogP contribution >= 0.6 is 0 Å². The maximum Gasteiger partial charge on any atom is 0.332 e. The van der Waals surface area contributed by atoms with Gasteiger partial charge in [-0.15, -0.1) is 0 Å². The summed E-state index contributed by atoms with van der Waals surface area (Å²) in [7, 11) is 2.57. The minimum Gasteiger partial charge on any atom is -0.468 e. The molecule has 0 aliphatic carbocycles. The van der Waals surface area contributed by atoms with Gasteiger partial charge in [0.2, 0.25) is 0 Å². The van der Waals surface area contributed by atoms with Crippen LogP contribution in [0.4, 0.5) is 0 Å². The summed E-state index contributed by atoms with van der Waals surface area (Å²) in [5.74, 6) is -2.04. The Balaban J connectivity index is 2.26. The molecule has 0 N–H and O–H groups in total. The van der Waals surface area contributed by atoms with Gasteiger partial charge in [0.05, 0.1) is 19.9 Å². The molecule has 1 atom stereocenters. The second-order valence-corrected chi connectivity index (χ2v) is 5.75. The van der Waals surface area contributed by atoms with Crippen LogP contribution in [0.2, 0.25) is 0 Å². The molecule has 0 aromatic heterocycles. The van der Waals surface area contributed by atoms with Gasteiger partial charge < -0.3 is 9.47 Å². The molecule has 132 valence electrons. The second-order valence-electron chi connectivity index (χ2n) is 5.75. The largest absolute Gasteiger partial charge is 0.468 e. The van der Waals surface area contributed by atoms with Gasteiger partial charge in [-0.3, -0.25) is 4.79 Å². The zero-order valence-electron chi connectivity index (χ0n) is 14.5. The molecule has 0 fully saturated rings. The molecule has 0 spiro atoms. The van der Waals surface area contributed by atoms with Gasteiger partial charge >= 0.3 is 11.9 Å². The van der Waals surface area contributed by atoms with Crippen molar-refractivity contribution >= 4 is 11.9 Å². The van der Waals surface area contributed by atoms with Crippen molar-refractivity contribution in [3.63, 3.8) is 0 Å². The summed E-state index contributed by atoms with van der Waals surface area (Å²) < 4.78 is 9.71. The Morgan fingerprint density at radius 3 is 1.92 bits per heavy atom. The van der Waals surface area contributed by atoms with Crippen LogP contribution in [0.3, 0.4) is 0 Å². The van der Waals surface area contributed by atoms with Crippen LogP contribution < -0.4 is 0 Å². The molecule has 0 bridgehead atoms. The minimum atomic E-state index is -1.12. The highest BCUT2D eigenvalue weighted by molar-refractivity contribution is 5.87. The maximum absolute atomic E-state index is 12.7. The van der Waals surface area contributed by atoms with E-state index in [9.17, 15) is 9.59 Å². The number of nitrogens with zero attached hydrogens (tertiary/aromatic N) is 2. The molecule has 3 rings (SSSR count). The summed E-state index contributed by atoms with van der Waals surface area (Å²) in [6.07, 6.45) is 1.18. The molecule has 2 aromatic rings. The first-order chi connectivity index (χ1) is 12.6. The third-order valence-corrected chi connectivity index (χ3v) is 4.37. The molecular formula is C20H18N2O4. The van der Waals surface area contributed by atoms with Crippen LogP contribution in [0.25, 0.3) is 0 Å². The van der Waals surface area contributed by atoms with E-state index in [1.165, 1.54) is 20.3 Å². The fraction of sp³-hybridized carbons (Fsp3) is 0.200. The SMILES string of the molecule is COC(=O)C=C1N=NC(c2ccccc2)(c2ccccc2)C1C(=O)OC. The number of carbonyl (C=O) groups is 2. The van der Waals surface area contributed by atoms with Crippen molar-refractivity contribution in [2.75, 3.05) is 14.2 Å². The van der Waals surface area contributed by atoms with E-state index in [1.54, 1.807) is 0 Å². The van der Waals surface area contributed by atoms with Crippen LogP contribution in [0.15, 0.2) is 82.7 Å². The topological polar surface area (TPSA) is 77.3 Å². The van der Waals surface area contributed by atoms with Crippen LogP contribution in [0.5, 0.6) is 0 Å². The molecule has 0 saturated carbocycles. The van der Waals surface area contributed by atoms with Gasteiger partial charge in [-0.1, -0.05) is 60.7 Å². The molecule has 1 heterocycles. The Hall–Kier alpha value is -3.28. The fourth-order valence-electron chi connectivity index (χ4n) is 3.17. The molecule has 0 radical (unpaired) electrons. The summed E-state index contributed by atoms with van der Waals surface area (Å²) in [6.45, 7) is 0. The van der Waals surface area contributed by atoms with Crippen molar-refractivity contribution < 1.29 is 19.1 Å². The number of benzene rings is 2. The third kappa shape index (κ3) is 2.90. The molecule has 1 unspecified atom stereocenters. The van der Waals surface area contributed by atoms with Crippen LogP contribution in [-0.2, 0) is 24.6 Å². The Morgan fingerprint density at radius 1 is 0.923 bits per heavy atom. The van der Waals surface area contributed by atoms with Crippen molar-refractivity contribution in [1.29, 1.82) is 0 Å². The number of rotatable bonds is 4. The van der Waals surface area contributed by atoms with E-state index in [4.69, 9.17) is 4.74 Å². The standard InChI is InChI=1S/C20H18N2O4/c1-25-17(23)13-16-18(19(24)26-2)20(22-21-16,14-9-5-3-6-10-14)15-11-7-4-8-12-15/h3-13,18H,1-2H3. The van der Waals surface area contributed by atoms with E-state index >= 15 is 0 Å². The first-order valence-electron chi connectivity index (χ1n) is 8.04. The first kappa shape index (κ1) is 17.5. The number of ether oxygens (including phenoxy) is 2. The Kier molecular flexibility index (Phi) is 4.93. The lowest BCUT2D eigenvalue weighted by molar-refractivity contribution is -0.145. The van der Waals surface area contributed by atoms with Gasteiger partial charge in [-0.25, -0.2) is 4.79 Å². The molecule has 2 aromatic carbocycles. The predicted molar refractivity (Wildman–Crippen MR) is 94.1 cm³/mol. The number of esters is 2. The summed E-state index contributed by atoms with van der Waals surface area (Å²) in [6, 6.07) is 18.7. The van der Waals surface area contributed by atoms with Gasteiger partial charge in [-0.05, 0) is 11.1 Å². The summed E-state index contributed by atoms with van der Waals surface area (Å²) >= 11 is 0. The van der Waals surface area contributed by atoms with Gasteiger partial charge in [0.25, 0.3) is 0 Å². The van der Waals surface area contributed by atoms with E-state index in [1.807, 2.05) is 60.7 Å². The molecule has 1 aliphatic heterocycles. The fourth-order valence-corrected chi connectivity index (χ4v) is 3.17. The van der Waals surface area contributed by atoms with Crippen LogP contribution in [-0.4, -0.2) is 26.2 Å². The molecular weight excluding hydrogens is 332 g/mol. The molecule has 0 amide bonds. The smallest absolute Gasteiger partial charge is 0.332 e. The van der Waals surface area contributed by atoms with E-state index in [2.05, 4.69) is 15.0 Å². The number of carbonyl (C=O) groups excluding carboxylic acids is 2.